The van der Waals surface area contributed by atoms with Crippen LogP contribution in [-0.4, -0.2) is 24.5 Å². The van der Waals surface area contributed by atoms with Crippen molar-refractivity contribution in [2.24, 2.45) is 5.73 Å². The quantitative estimate of drug-likeness (QED) is 0.848. The zero-order chi connectivity index (χ0) is 14.5. The van der Waals surface area contributed by atoms with Gasteiger partial charge in [-0.3, -0.25) is 4.90 Å². The summed E-state index contributed by atoms with van der Waals surface area (Å²) in [7, 11) is 2.16. The van der Waals surface area contributed by atoms with Gasteiger partial charge in [0.05, 0.1) is 0 Å². The van der Waals surface area contributed by atoms with E-state index in [-0.39, 0.29) is 6.04 Å². The van der Waals surface area contributed by atoms with E-state index in [1.165, 1.54) is 10.4 Å². The van der Waals surface area contributed by atoms with Gasteiger partial charge in [-0.15, -0.1) is 11.3 Å². The van der Waals surface area contributed by atoms with E-state index in [1.807, 2.05) is 11.3 Å². The van der Waals surface area contributed by atoms with Crippen molar-refractivity contribution >= 4 is 27.3 Å². The molecule has 0 aliphatic carbocycles. The number of nitrogens with two attached hydrogens (primary N) is 1. The molecule has 2 rings (SSSR count). The van der Waals surface area contributed by atoms with E-state index in [9.17, 15) is 0 Å². The number of nitrogens with zero attached hydrogens (tertiary/aromatic N) is 1. The zero-order valence-electron chi connectivity index (χ0n) is 11.9. The minimum atomic E-state index is 0.262. The highest BCUT2D eigenvalue weighted by Crippen LogP contribution is 2.24. The van der Waals surface area contributed by atoms with Crippen molar-refractivity contribution in [2.45, 2.75) is 25.4 Å². The number of thiophene rings is 1. The van der Waals surface area contributed by atoms with Gasteiger partial charge in [0, 0.05) is 28.0 Å². The molecule has 0 radical (unpaired) electrons. The van der Waals surface area contributed by atoms with Crippen LogP contribution in [0.5, 0.6) is 0 Å². The monoisotopic (exact) mass is 352 g/mol. The number of likely N-dealkylation sites (N-methyl/N-ethyl adjacent to an activating group) is 1. The van der Waals surface area contributed by atoms with Crippen LogP contribution in [0.15, 0.2) is 46.3 Å². The van der Waals surface area contributed by atoms with Gasteiger partial charge in [-0.25, -0.2) is 0 Å². The molecule has 2 N–H and O–H groups in total. The van der Waals surface area contributed by atoms with Crippen LogP contribution in [0.1, 0.15) is 23.4 Å². The van der Waals surface area contributed by atoms with Crippen molar-refractivity contribution in [1.82, 2.24) is 4.90 Å². The molecule has 2 nitrogen and oxygen atoms in total. The van der Waals surface area contributed by atoms with Crippen LogP contribution < -0.4 is 5.73 Å². The van der Waals surface area contributed by atoms with Crippen molar-refractivity contribution in [2.75, 3.05) is 13.6 Å². The maximum atomic E-state index is 6.00. The fraction of sp³-hybridized carbons (Fsp3) is 0.375. The molecular weight excluding hydrogens is 332 g/mol. The van der Waals surface area contributed by atoms with Crippen LogP contribution in [-0.2, 0) is 6.42 Å². The van der Waals surface area contributed by atoms with Gasteiger partial charge in [0.2, 0.25) is 0 Å². The van der Waals surface area contributed by atoms with Crippen molar-refractivity contribution in [1.29, 1.82) is 0 Å². The van der Waals surface area contributed by atoms with Gasteiger partial charge in [-0.2, -0.15) is 0 Å². The Morgan fingerprint density at radius 3 is 2.50 bits per heavy atom. The molecule has 20 heavy (non-hydrogen) atoms. The van der Waals surface area contributed by atoms with Crippen LogP contribution in [0.25, 0.3) is 0 Å². The minimum absolute atomic E-state index is 0.262. The van der Waals surface area contributed by atoms with Crippen molar-refractivity contribution < 1.29 is 0 Å². The maximum Gasteiger partial charge on any atom is 0.0470 e. The second kappa shape index (κ2) is 7.36. The van der Waals surface area contributed by atoms with Crippen molar-refractivity contribution in [3.63, 3.8) is 0 Å². The number of hydrogen-bond donors (Lipinski definition) is 1. The minimum Gasteiger partial charge on any atom is -0.329 e. The van der Waals surface area contributed by atoms with Gasteiger partial charge in [0.1, 0.15) is 0 Å². The summed E-state index contributed by atoms with van der Waals surface area (Å²) in [6.45, 7) is 2.90. The third-order valence-corrected chi connectivity index (χ3v) is 5.17. The zero-order valence-corrected chi connectivity index (χ0v) is 14.3. The molecule has 0 amide bonds. The van der Waals surface area contributed by atoms with Crippen LogP contribution >= 0.6 is 27.3 Å². The summed E-state index contributed by atoms with van der Waals surface area (Å²) in [6, 6.07) is 13.5. The SMILES string of the molecule is CC(Cc1cccs1)N(C)C(CN)c1ccc(Br)cc1. The average Bonchev–Trinajstić information content (AvgIpc) is 2.94. The number of benzene rings is 1. The largest absolute Gasteiger partial charge is 0.329 e. The van der Waals surface area contributed by atoms with Crippen molar-refractivity contribution in [3.05, 3.63) is 56.7 Å². The molecule has 0 aliphatic heterocycles. The third kappa shape index (κ3) is 3.92. The lowest BCUT2D eigenvalue weighted by molar-refractivity contribution is 0.188. The van der Waals surface area contributed by atoms with E-state index >= 15 is 0 Å². The third-order valence-electron chi connectivity index (χ3n) is 3.74. The molecule has 1 heterocycles. The van der Waals surface area contributed by atoms with Crippen LogP contribution in [0, 0.1) is 0 Å². The highest BCUT2D eigenvalue weighted by Gasteiger charge is 2.20. The van der Waals surface area contributed by atoms with Crippen LogP contribution in [0.2, 0.25) is 0 Å². The first kappa shape index (κ1) is 15.7. The first-order chi connectivity index (χ1) is 9.61. The second-order valence-electron chi connectivity index (χ2n) is 5.10. The molecular formula is C16H21BrN2S. The van der Waals surface area contributed by atoms with Crippen LogP contribution in [0.3, 0.4) is 0 Å². The molecule has 108 valence electrons. The number of rotatable bonds is 6. The van der Waals surface area contributed by atoms with Gasteiger partial charge in [-0.05, 0) is 49.5 Å². The summed E-state index contributed by atoms with van der Waals surface area (Å²) in [5.74, 6) is 0. The first-order valence-electron chi connectivity index (χ1n) is 6.81. The Morgan fingerprint density at radius 1 is 1.25 bits per heavy atom. The Morgan fingerprint density at radius 2 is 1.95 bits per heavy atom. The number of halogens is 1. The Hall–Kier alpha value is -0.680. The fourth-order valence-corrected chi connectivity index (χ4v) is 3.48. The predicted molar refractivity (Wildman–Crippen MR) is 91.2 cm³/mol. The smallest absolute Gasteiger partial charge is 0.0470 e. The Kier molecular flexibility index (Phi) is 5.78. The summed E-state index contributed by atoms with van der Waals surface area (Å²) in [6.07, 6.45) is 1.07. The van der Waals surface area contributed by atoms with Gasteiger partial charge < -0.3 is 5.73 Å². The molecule has 2 unspecified atom stereocenters. The molecule has 1 aromatic carbocycles. The topological polar surface area (TPSA) is 29.3 Å². The lowest BCUT2D eigenvalue weighted by Gasteiger charge is -2.32. The summed E-state index contributed by atoms with van der Waals surface area (Å²) in [5.41, 5.74) is 7.28. The van der Waals surface area contributed by atoms with E-state index in [1.54, 1.807) is 0 Å². The lowest BCUT2D eigenvalue weighted by Crippen LogP contribution is -2.38. The summed E-state index contributed by atoms with van der Waals surface area (Å²) in [5, 5.41) is 2.14. The lowest BCUT2D eigenvalue weighted by atomic mass is 10.0. The van der Waals surface area contributed by atoms with Crippen LogP contribution in [0.4, 0.5) is 0 Å². The van der Waals surface area contributed by atoms with E-state index < -0.39 is 0 Å². The maximum absolute atomic E-state index is 6.00. The summed E-state index contributed by atoms with van der Waals surface area (Å²) >= 11 is 5.30. The molecule has 0 spiro atoms. The molecule has 4 heteroatoms. The molecule has 1 aromatic heterocycles. The highest BCUT2D eigenvalue weighted by molar-refractivity contribution is 9.10. The van der Waals surface area contributed by atoms with E-state index in [0.29, 0.717) is 12.6 Å². The van der Waals surface area contributed by atoms with E-state index in [2.05, 4.69) is 76.6 Å². The number of hydrogen-bond acceptors (Lipinski definition) is 3. The first-order valence-corrected chi connectivity index (χ1v) is 8.49. The van der Waals surface area contributed by atoms with Crippen molar-refractivity contribution in [3.8, 4) is 0 Å². The molecule has 0 saturated carbocycles. The fourth-order valence-electron chi connectivity index (χ4n) is 2.39. The second-order valence-corrected chi connectivity index (χ2v) is 7.05. The standard InChI is InChI=1S/C16H21BrN2S/c1-12(10-15-4-3-9-20-15)19(2)16(11-18)13-5-7-14(17)8-6-13/h3-9,12,16H,10-11,18H2,1-2H3. The van der Waals surface area contributed by atoms with Gasteiger partial charge in [0.25, 0.3) is 0 Å². The molecule has 0 saturated heterocycles. The molecule has 0 bridgehead atoms. The predicted octanol–water partition coefficient (Wildman–Crippen LogP) is 4.07. The molecule has 2 atom stereocenters. The molecule has 0 aliphatic rings. The highest BCUT2D eigenvalue weighted by atomic mass is 79.9. The molecule has 2 aromatic rings. The Labute approximate surface area is 133 Å². The normalized spacial score (nSPS) is 14.4. The Balaban J connectivity index is 2.08. The Bertz CT molecular complexity index is 510. The van der Waals surface area contributed by atoms with E-state index in [4.69, 9.17) is 5.73 Å². The van der Waals surface area contributed by atoms with Gasteiger partial charge in [0.15, 0.2) is 0 Å². The summed E-state index contributed by atoms with van der Waals surface area (Å²) < 4.78 is 1.10. The van der Waals surface area contributed by atoms with Gasteiger partial charge >= 0.3 is 0 Å². The average molecular weight is 353 g/mol. The van der Waals surface area contributed by atoms with Gasteiger partial charge in [-0.1, -0.05) is 34.1 Å². The van der Waals surface area contributed by atoms with E-state index in [0.717, 1.165) is 10.9 Å². The summed E-state index contributed by atoms with van der Waals surface area (Å²) in [4.78, 5) is 3.80. The molecule has 0 fully saturated rings.